The minimum atomic E-state index is -0.311. The van der Waals surface area contributed by atoms with Crippen molar-refractivity contribution in [3.63, 3.8) is 0 Å². The van der Waals surface area contributed by atoms with E-state index in [2.05, 4.69) is 35.3 Å². The lowest BCUT2D eigenvalue weighted by atomic mass is 9.92. The summed E-state index contributed by atoms with van der Waals surface area (Å²) < 4.78 is 11.7. The molecule has 6 rings (SSSR count). The van der Waals surface area contributed by atoms with Crippen LogP contribution in [0.1, 0.15) is 34.9 Å². The highest BCUT2D eigenvalue weighted by molar-refractivity contribution is 5.79. The Morgan fingerprint density at radius 3 is 2.47 bits per heavy atom. The van der Waals surface area contributed by atoms with Gasteiger partial charge in [-0.3, -0.25) is 4.90 Å². The number of hydrogen-bond donors (Lipinski definition) is 0. The fourth-order valence-electron chi connectivity index (χ4n) is 5.41. The van der Waals surface area contributed by atoms with Crippen molar-refractivity contribution in [2.75, 3.05) is 19.8 Å². The number of carbonyl (C=O) groups is 1. The molecule has 1 aromatic heterocycles. The van der Waals surface area contributed by atoms with Gasteiger partial charge in [0.2, 0.25) is 0 Å². The van der Waals surface area contributed by atoms with Crippen LogP contribution in [0.15, 0.2) is 72.8 Å². The zero-order valence-corrected chi connectivity index (χ0v) is 18.6. The Hall–Kier alpha value is -3.95. The van der Waals surface area contributed by atoms with E-state index in [0.29, 0.717) is 31.9 Å². The zero-order valence-electron chi connectivity index (χ0n) is 18.6. The maximum Gasteiger partial charge on any atom is 0.410 e. The summed E-state index contributed by atoms with van der Waals surface area (Å²) in [5.41, 5.74) is 7.03. The van der Waals surface area contributed by atoms with Crippen LogP contribution in [-0.2, 0) is 9.47 Å². The fraction of sp³-hybridized carbons (Fsp3) is 0.250. The van der Waals surface area contributed by atoms with Gasteiger partial charge in [-0.25, -0.2) is 9.78 Å². The molecule has 2 aliphatic heterocycles. The Kier molecular flexibility index (Phi) is 5.12. The van der Waals surface area contributed by atoms with E-state index in [4.69, 9.17) is 9.47 Å². The highest BCUT2D eigenvalue weighted by atomic mass is 16.6. The summed E-state index contributed by atoms with van der Waals surface area (Å²) in [6, 6.07) is 23.9. The quantitative estimate of drug-likeness (QED) is 0.576. The summed E-state index contributed by atoms with van der Waals surface area (Å²) >= 11 is 0. The van der Waals surface area contributed by atoms with Crippen molar-refractivity contribution < 1.29 is 14.3 Å². The van der Waals surface area contributed by atoms with Gasteiger partial charge in [0.1, 0.15) is 18.4 Å². The average Bonchev–Trinajstić information content (AvgIpc) is 3.20. The van der Waals surface area contributed by atoms with Crippen molar-refractivity contribution in [1.82, 2.24) is 9.88 Å². The van der Waals surface area contributed by atoms with Crippen LogP contribution in [0.25, 0.3) is 16.7 Å². The number of benzene rings is 2. The summed E-state index contributed by atoms with van der Waals surface area (Å²) in [5, 5.41) is 9.19. The largest absolute Gasteiger partial charge is 0.448 e. The summed E-state index contributed by atoms with van der Waals surface area (Å²) in [4.78, 5) is 19.5. The van der Waals surface area contributed by atoms with Crippen molar-refractivity contribution in [3.8, 4) is 17.2 Å². The van der Waals surface area contributed by atoms with Crippen LogP contribution < -0.4 is 0 Å². The van der Waals surface area contributed by atoms with Gasteiger partial charge < -0.3 is 9.47 Å². The number of morpholine rings is 1. The van der Waals surface area contributed by atoms with E-state index in [1.807, 2.05) is 47.4 Å². The molecule has 34 heavy (non-hydrogen) atoms. The third kappa shape index (κ3) is 3.46. The first-order chi connectivity index (χ1) is 16.7. The first kappa shape index (κ1) is 20.6. The standard InChI is InChI=1S/C28H23N3O3/c29-14-19-6-5-11-27(30-19)18-12-20-15-33-16-21(13-18)31(20)28(32)34-17-26-24-9-3-1-7-22(24)23-8-2-4-10-25(23)26/h1-12,20-21,26H,13,15-17H2. The molecule has 1 amide bonds. The molecule has 2 aromatic carbocycles. The van der Waals surface area contributed by atoms with Crippen LogP contribution in [0.5, 0.6) is 0 Å². The number of nitriles is 1. The van der Waals surface area contributed by atoms with Gasteiger partial charge in [0.05, 0.1) is 31.0 Å². The van der Waals surface area contributed by atoms with Crippen LogP contribution >= 0.6 is 0 Å². The van der Waals surface area contributed by atoms with E-state index < -0.39 is 0 Å². The monoisotopic (exact) mass is 449 g/mol. The molecule has 168 valence electrons. The van der Waals surface area contributed by atoms with Gasteiger partial charge in [0, 0.05) is 5.92 Å². The lowest BCUT2D eigenvalue weighted by Crippen LogP contribution is -2.56. The van der Waals surface area contributed by atoms with E-state index in [1.54, 1.807) is 6.07 Å². The number of nitrogens with zero attached hydrogens (tertiary/aromatic N) is 3. The molecule has 2 unspecified atom stereocenters. The molecule has 2 bridgehead atoms. The molecule has 2 atom stereocenters. The summed E-state index contributed by atoms with van der Waals surface area (Å²) in [5.74, 6) is 0.0289. The van der Waals surface area contributed by atoms with E-state index in [1.165, 1.54) is 22.3 Å². The second-order valence-electron chi connectivity index (χ2n) is 8.89. The van der Waals surface area contributed by atoms with Crippen molar-refractivity contribution in [2.24, 2.45) is 0 Å². The molecule has 1 fully saturated rings. The Bertz CT molecular complexity index is 1300. The molecular formula is C28H23N3O3. The Balaban J connectivity index is 1.22. The molecular weight excluding hydrogens is 426 g/mol. The second kappa shape index (κ2) is 8.44. The normalized spacial score (nSPS) is 20.7. The number of pyridine rings is 1. The third-order valence-corrected chi connectivity index (χ3v) is 6.94. The molecule has 6 heteroatoms. The van der Waals surface area contributed by atoms with Crippen molar-refractivity contribution >= 4 is 11.7 Å². The minimum Gasteiger partial charge on any atom is -0.448 e. The van der Waals surface area contributed by atoms with Gasteiger partial charge in [-0.15, -0.1) is 0 Å². The Morgan fingerprint density at radius 1 is 1.03 bits per heavy atom. The first-order valence-corrected chi connectivity index (χ1v) is 11.5. The van der Waals surface area contributed by atoms with Crippen LogP contribution in [0, 0.1) is 11.3 Å². The number of rotatable bonds is 3. The van der Waals surface area contributed by atoms with E-state index in [-0.39, 0.29) is 24.1 Å². The molecule has 1 aliphatic carbocycles. The first-order valence-electron chi connectivity index (χ1n) is 11.5. The van der Waals surface area contributed by atoms with Crippen molar-refractivity contribution in [3.05, 3.63) is 95.3 Å². The highest BCUT2D eigenvalue weighted by Crippen LogP contribution is 2.44. The fourth-order valence-corrected chi connectivity index (χ4v) is 5.41. The Morgan fingerprint density at radius 2 is 1.76 bits per heavy atom. The van der Waals surface area contributed by atoms with Crippen LogP contribution in [-0.4, -0.2) is 47.9 Å². The maximum absolute atomic E-state index is 13.3. The second-order valence-corrected chi connectivity index (χ2v) is 8.89. The smallest absolute Gasteiger partial charge is 0.410 e. The number of carbonyl (C=O) groups excluding carboxylic acids is 1. The predicted octanol–water partition coefficient (Wildman–Crippen LogP) is 4.76. The SMILES string of the molecule is N#Cc1cccc(C2=CC3COCC(C2)N3C(=O)OCC2c3ccccc3-c3ccccc32)n1. The Labute approximate surface area is 198 Å². The summed E-state index contributed by atoms with van der Waals surface area (Å²) in [7, 11) is 0. The molecule has 0 saturated carbocycles. The third-order valence-electron chi connectivity index (χ3n) is 6.94. The lowest BCUT2D eigenvalue weighted by molar-refractivity contribution is -0.0331. The summed E-state index contributed by atoms with van der Waals surface area (Å²) in [6.45, 7) is 1.17. The van der Waals surface area contributed by atoms with Gasteiger partial charge in [0.15, 0.2) is 0 Å². The molecule has 6 nitrogen and oxygen atoms in total. The maximum atomic E-state index is 13.3. The predicted molar refractivity (Wildman–Crippen MR) is 127 cm³/mol. The highest BCUT2D eigenvalue weighted by Gasteiger charge is 2.40. The average molecular weight is 450 g/mol. The van der Waals surface area contributed by atoms with Gasteiger partial charge in [-0.2, -0.15) is 5.26 Å². The minimum absolute atomic E-state index is 0.0289. The lowest BCUT2D eigenvalue weighted by Gasteiger charge is -2.43. The molecule has 0 radical (unpaired) electrons. The van der Waals surface area contributed by atoms with Crippen LogP contribution in [0.4, 0.5) is 4.79 Å². The number of aromatic nitrogens is 1. The van der Waals surface area contributed by atoms with Gasteiger partial charge in [-0.1, -0.05) is 60.7 Å². The van der Waals surface area contributed by atoms with Crippen LogP contribution in [0.2, 0.25) is 0 Å². The van der Waals surface area contributed by atoms with E-state index in [9.17, 15) is 10.1 Å². The van der Waals surface area contributed by atoms with Crippen molar-refractivity contribution in [2.45, 2.75) is 24.4 Å². The number of amides is 1. The zero-order chi connectivity index (χ0) is 23.1. The van der Waals surface area contributed by atoms with Gasteiger partial charge >= 0.3 is 6.09 Å². The molecule has 3 heterocycles. The molecule has 3 aliphatic rings. The summed E-state index contributed by atoms with van der Waals surface area (Å²) in [6.07, 6.45) is 2.33. The molecule has 3 aromatic rings. The number of hydrogen-bond acceptors (Lipinski definition) is 5. The molecule has 1 saturated heterocycles. The van der Waals surface area contributed by atoms with Gasteiger partial charge in [-0.05, 0) is 46.4 Å². The van der Waals surface area contributed by atoms with Gasteiger partial charge in [0.25, 0.3) is 0 Å². The topological polar surface area (TPSA) is 75.5 Å². The number of ether oxygens (including phenoxy) is 2. The van der Waals surface area contributed by atoms with Crippen molar-refractivity contribution in [1.29, 1.82) is 5.26 Å². The number of fused-ring (bicyclic) bond motifs is 5. The molecule has 0 spiro atoms. The van der Waals surface area contributed by atoms with E-state index >= 15 is 0 Å². The molecule has 0 N–H and O–H groups in total. The van der Waals surface area contributed by atoms with E-state index in [0.717, 1.165) is 11.3 Å². The van der Waals surface area contributed by atoms with Crippen LogP contribution in [0.3, 0.4) is 0 Å².